The van der Waals surface area contributed by atoms with E-state index in [1.807, 2.05) is 0 Å². The number of likely N-dealkylation sites (N-methyl/N-ethyl adjacent to an activating group) is 1. The summed E-state index contributed by atoms with van der Waals surface area (Å²) in [6.45, 7) is 0.0989. The Morgan fingerprint density at radius 3 is 2.71 bits per heavy atom. The van der Waals surface area contributed by atoms with E-state index < -0.39 is 24.0 Å². The maximum Gasteiger partial charge on any atom is 0.332 e. The van der Waals surface area contributed by atoms with E-state index in [1.165, 1.54) is 11.0 Å². The first-order valence-electron chi connectivity index (χ1n) is 6.45. The third kappa shape index (κ3) is 3.79. The molecule has 1 N–H and O–H groups in total. The summed E-state index contributed by atoms with van der Waals surface area (Å²) in [6.07, 6.45) is -1.03. The molecule has 1 aliphatic rings. The number of hydrogen-bond donors (Lipinski definition) is 1. The smallest absolute Gasteiger partial charge is 0.332 e. The van der Waals surface area contributed by atoms with Crippen LogP contribution in [0.15, 0.2) is 22.7 Å². The molecule has 1 fully saturated rings. The quantitative estimate of drug-likeness (QED) is 0.894. The number of benzene rings is 1. The first kappa shape index (κ1) is 15.9. The van der Waals surface area contributed by atoms with Crippen LogP contribution in [0.3, 0.4) is 0 Å². The highest BCUT2D eigenvalue weighted by Crippen LogP contribution is 2.23. The predicted molar refractivity (Wildman–Crippen MR) is 76.1 cm³/mol. The fraction of sp³-hybridized carbons (Fsp3) is 0.429. The van der Waals surface area contributed by atoms with Gasteiger partial charge in [0, 0.05) is 23.6 Å². The molecule has 1 aliphatic heterocycles. The highest BCUT2D eigenvalue weighted by atomic mass is 79.9. The largest absolute Gasteiger partial charge is 0.479 e. The lowest BCUT2D eigenvalue weighted by Gasteiger charge is -2.21. The van der Waals surface area contributed by atoms with E-state index in [9.17, 15) is 14.0 Å². The number of hydrogen-bond acceptors (Lipinski definition) is 3. The van der Waals surface area contributed by atoms with Crippen molar-refractivity contribution >= 4 is 27.8 Å². The highest BCUT2D eigenvalue weighted by molar-refractivity contribution is 9.10. The SMILES string of the molecule is CN(Cc1cc(Br)ccc1F)C(=O)[C@@H]1CC[C@H](C(=O)O)O1. The fourth-order valence-electron chi connectivity index (χ4n) is 2.24. The molecule has 0 unspecified atom stereocenters. The van der Waals surface area contributed by atoms with Crippen LogP contribution < -0.4 is 0 Å². The molecular weight excluding hydrogens is 345 g/mol. The summed E-state index contributed by atoms with van der Waals surface area (Å²) in [5, 5.41) is 8.85. The molecule has 0 aliphatic carbocycles. The summed E-state index contributed by atoms with van der Waals surface area (Å²) in [5.74, 6) is -1.79. The third-order valence-electron chi connectivity index (χ3n) is 3.36. The second-order valence-corrected chi connectivity index (χ2v) is 5.87. The molecule has 1 aromatic rings. The van der Waals surface area contributed by atoms with Crippen molar-refractivity contribution in [1.82, 2.24) is 4.90 Å². The van der Waals surface area contributed by atoms with E-state index in [1.54, 1.807) is 19.2 Å². The molecule has 0 spiro atoms. The number of nitrogens with zero attached hydrogens (tertiary/aromatic N) is 1. The maximum atomic E-state index is 13.7. The molecule has 1 heterocycles. The fourth-order valence-corrected chi connectivity index (χ4v) is 2.65. The second-order valence-electron chi connectivity index (χ2n) is 4.96. The van der Waals surface area contributed by atoms with Gasteiger partial charge in [0.1, 0.15) is 11.9 Å². The van der Waals surface area contributed by atoms with Crippen molar-refractivity contribution in [2.45, 2.75) is 31.6 Å². The number of aliphatic carboxylic acids is 1. The Morgan fingerprint density at radius 1 is 1.43 bits per heavy atom. The number of amides is 1. The van der Waals surface area contributed by atoms with Crippen molar-refractivity contribution in [3.63, 3.8) is 0 Å². The average Bonchev–Trinajstić information content (AvgIpc) is 2.91. The average molecular weight is 360 g/mol. The standard InChI is InChI=1S/C14H15BrFNO4/c1-17(7-8-6-9(15)2-3-10(8)16)13(18)11-4-5-12(21-11)14(19)20/h2-3,6,11-12H,4-5,7H2,1H3,(H,19,20)/t11-,12+/m0/s1. The van der Waals surface area contributed by atoms with Gasteiger partial charge in [-0.1, -0.05) is 15.9 Å². The molecule has 0 radical (unpaired) electrons. The topological polar surface area (TPSA) is 66.8 Å². The zero-order valence-corrected chi connectivity index (χ0v) is 13.0. The van der Waals surface area contributed by atoms with Crippen LogP contribution in [0.4, 0.5) is 4.39 Å². The molecule has 21 heavy (non-hydrogen) atoms. The number of carbonyl (C=O) groups excluding carboxylic acids is 1. The van der Waals surface area contributed by atoms with Gasteiger partial charge in [0.2, 0.25) is 0 Å². The Kier molecular flexibility index (Phi) is 4.95. The van der Waals surface area contributed by atoms with Gasteiger partial charge in [-0.05, 0) is 31.0 Å². The molecule has 0 aromatic heterocycles. The Bertz CT molecular complexity index is 566. The minimum absolute atomic E-state index is 0.0989. The third-order valence-corrected chi connectivity index (χ3v) is 3.86. The van der Waals surface area contributed by atoms with Gasteiger partial charge >= 0.3 is 5.97 Å². The second kappa shape index (κ2) is 6.53. The van der Waals surface area contributed by atoms with Gasteiger partial charge in [-0.15, -0.1) is 0 Å². The lowest BCUT2D eigenvalue weighted by Crippen LogP contribution is -2.37. The van der Waals surface area contributed by atoms with Crippen LogP contribution >= 0.6 is 15.9 Å². The van der Waals surface area contributed by atoms with Crippen molar-refractivity contribution in [3.05, 3.63) is 34.1 Å². The van der Waals surface area contributed by atoms with E-state index >= 15 is 0 Å². The number of carboxylic acid groups (broad SMARTS) is 1. The number of ether oxygens (including phenoxy) is 1. The summed E-state index contributed by atoms with van der Waals surface area (Å²) in [6, 6.07) is 4.51. The van der Waals surface area contributed by atoms with Crippen LogP contribution in [-0.4, -0.2) is 41.1 Å². The van der Waals surface area contributed by atoms with Crippen LogP contribution in [0.25, 0.3) is 0 Å². The maximum absolute atomic E-state index is 13.7. The zero-order valence-electron chi connectivity index (χ0n) is 11.4. The summed E-state index contributed by atoms with van der Waals surface area (Å²) >= 11 is 3.25. The van der Waals surface area contributed by atoms with Gasteiger partial charge in [-0.2, -0.15) is 0 Å². The monoisotopic (exact) mass is 359 g/mol. The van der Waals surface area contributed by atoms with Gasteiger partial charge in [0.15, 0.2) is 6.10 Å². The predicted octanol–water partition coefficient (Wildman–Crippen LogP) is 2.18. The van der Waals surface area contributed by atoms with E-state index in [0.717, 1.165) is 4.47 Å². The summed E-state index contributed by atoms with van der Waals surface area (Å²) < 4.78 is 19.6. The first-order valence-corrected chi connectivity index (χ1v) is 7.25. The molecule has 0 bridgehead atoms. The van der Waals surface area contributed by atoms with Gasteiger partial charge in [-0.25, -0.2) is 9.18 Å². The Hall–Kier alpha value is -1.47. The van der Waals surface area contributed by atoms with Crippen molar-refractivity contribution in [2.24, 2.45) is 0 Å². The number of halogens is 2. The van der Waals surface area contributed by atoms with Crippen molar-refractivity contribution in [1.29, 1.82) is 0 Å². The molecule has 0 saturated carbocycles. The molecule has 2 atom stereocenters. The highest BCUT2D eigenvalue weighted by Gasteiger charge is 2.36. The van der Waals surface area contributed by atoms with Crippen molar-refractivity contribution in [3.8, 4) is 0 Å². The van der Waals surface area contributed by atoms with E-state index in [2.05, 4.69) is 15.9 Å². The van der Waals surface area contributed by atoms with Crippen molar-refractivity contribution in [2.75, 3.05) is 7.05 Å². The summed E-state index contributed by atoms with van der Waals surface area (Å²) in [4.78, 5) is 24.3. The Balaban J connectivity index is 2.00. The number of carbonyl (C=O) groups is 2. The number of rotatable bonds is 4. The van der Waals surface area contributed by atoms with Crippen LogP contribution in [0.5, 0.6) is 0 Å². The molecule has 1 saturated heterocycles. The summed E-state index contributed by atoms with van der Waals surface area (Å²) in [5.41, 5.74) is 0.382. The van der Waals surface area contributed by atoms with Crippen molar-refractivity contribution < 1.29 is 23.8 Å². The molecule has 114 valence electrons. The first-order chi connectivity index (χ1) is 9.88. The zero-order chi connectivity index (χ0) is 15.6. The molecular formula is C14H15BrFNO4. The lowest BCUT2D eigenvalue weighted by molar-refractivity contribution is -0.154. The summed E-state index contributed by atoms with van der Waals surface area (Å²) in [7, 11) is 1.54. The van der Waals surface area contributed by atoms with Gasteiger partial charge < -0.3 is 14.7 Å². The number of carboxylic acids is 1. The van der Waals surface area contributed by atoms with E-state index in [0.29, 0.717) is 18.4 Å². The minimum atomic E-state index is -1.06. The van der Waals surface area contributed by atoms with Crippen LogP contribution in [0, 0.1) is 5.82 Å². The van der Waals surface area contributed by atoms with E-state index in [4.69, 9.17) is 9.84 Å². The normalized spacial score (nSPS) is 21.3. The molecule has 7 heteroatoms. The molecule has 1 amide bonds. The molecule has 1 aromatic carbocycles. The molecule has 2 rings (SSSR count). The van der Waals surface area contributed by atoms with Gasteiger partial charge in [0.25, 0.3) is 5.91 Å². The van der Waals surface area contributed by atoms with Crippen LogP contribution in [-0.2, 0) is 20.9 Å². The Labute approximate surface area is 129 Å². The van der Waals surface area contributed by atoms with Crippen LogP contribution in [0.2, 0.25) is 0 Å². The minimum Gasteiger partial charge on any atom is -0.479 e. The lowest BCUT2D eigenvalue weighted by atomic mass is 10.1. The Morgan fingerprint density at radius 2 is 2.10 bits per heavy atom. The van der Waals surface area contributed by atoms with Gasteiger partial charge in [-0.3, -0.25) is 4.79 Å². The van der Waals surface area contributed by atoms with Gasteiger partial charge in [0.05, 0.1) is 0 Å². The van der Waals surface area contributed by atoms with E-state index in [-0.39, 0.29) is 12.5 Å². The molecule has 5 nitrogen and oxygen atoms in total. The van der Waals surface area contributed by atoms with Crippen LogP contribution in [0.1, 0.15) is 18.4 Å².